The predicted octanol–water partition coefficient (Wildman–Crippen LogP) is 5.89. The molecule has 1 N–H and O–H groups in total. The lowest BCUT2D eigenvalue weighted by Gasteiger charge is -2.32. The Labute approximate surface area is 259 Å². The van der Waals surface area contributed by atoms with Gasteiger partial charge in [0.2, 0.25) is 5.82 Å². The number of H-pyrrole nitrogens is 1. The van der Waals surface area contributed by atoms with Gasteiger partial charge in [-0.15, -0.1) is 0 Å². The van der Waals surface area contributed by atoms with Gasteiger partial charge in [-0.2, -0.15) is 18.3 Å². The summed E-state index contributed by atoms with van der Waals surface area (Å²) in [5, 5.41) is 5.57. The summed E-state index contributed by atoms with van der Waals surface area (Å²) in [5.74, 6) is -3.86. The Morgan fingerprint density at radius 2 is 1.89 bits per heavy atom. The number of aromatic amines is 1. The van der Waals surface area contributed by atoms with Crippen molar-refractivity contribution in [1.29, 1.82) is 0 Å². The number of hydrogen-bond donors (Lipinski definition) is 1. The number of aromatic nitrogens is 7. The van der Waals surface area contributed by atoms with E-state index in [1.54, 1.807) is 19.2 Å². The molecule has 0 amide bonds. The van der Waals surface area contributed by atoms with Crippen molar-refractivity contribution >= 4 is 11.0 Å². The second kappa shape index (κ2) is 12.8. The van der Waals surface area contributed by atoms with Crippen LogP contribution in [0.1, 0.15) is 49.4 Å². The number of piperidine rings is 1. The molecule has 6 rings (SSSR count). The number of rotatable bonds is 10. The van der Waals surface area contributed by atoms with Gasteiger partial charge in [0.15, 0.2) is 11.6 Å². The molecule has 6 heterocycles. The molecule has 244 valence electrons. The number of nitrogens with zero attached hydrogens (tertiary/aromatic N) is 7. The van der Waals surface area contributed by atoms with Gasteiger partial charge in [0.05, 0.1) is 42.1 Å². The Morgan fingerprint density at radius 3 is 2.52 bits per heavy atom. The minimum Gasteiger partial charge on any atom is -0.471 e. The van der Waals surface area contributed by atoms with Crippen LogP contribution in [0, 0.1) is 11.6 Å². The van der Waals surface area contributed by atoms with E-state index in [2.05, 4.69) is 31.5 Å². The Balaban J connectivity index is 1.18. The minimum absolute atomic E-state index is 0.000257. The molecule has 0 aliphatic carbocycles. The zero-order valence-electron chi connectivity index (χ0n) is 24.7. The van der Waals surface area contributed by atoms with E-state index in [1.807, 2.05) is 9.67 Å². The Hall–Kier alpha value is -4.31. The highest BCUT2D eigenvalue weighted by atomic mass is 19.4. The molecular weight excluding hydrogens is 618 g/mol. The number of likely N-dealkylation sites (tertiary alicyclic amines) is 1. The number of allylic oxidation sites excluding steroid dienone is 1. The molecule has 4 aromatic heterocycles. The molecule has 46 heavy (non-hydrogen) atoms. The van der Waals surface area contributed by atoms with Gasteiger partial charge in [-0.3, -0.25) is 15.0 Å². The summed E-state index contributed by atoms with van der Waals surface area (Å²) in [6.45, 7) is 7.27. The van der Waals surface area contributed by atoms with E-state index in [1.165, 1.54) is 6.08 Å². The number of alkyl halides is 3. The van der Waals surface area contributed by atoms with E-state index in [-0.39, 0.29) is 41.4 Å². The third-order valence-electron chi connectivity index (χ3n) is 8.20. The van der Waals surface area contributed by atoms with E-state index in [0.29, 0.717) is 62.5 Å². The fourth-order valence-corrected chi connectivity index (χ4v) is 5.54. The van der Waals surface area contributed by atoms with E-state index in [4.69, 9.17) is 14.5 Å². The lowest BCUT2D eigenvalue weighted by Crippen LogP contribution is -2.35. The first-order chi connectivity index (χ1) is 22.0. The third-order valence-corrected chi connectivity index (χ3v) is 8.20. The topological polar surface area (TPSA) is 107 Å². The van der Waals surface area contributed by atoms with Crippen LogP contribution in [-0.4, -0.2) is 72.0 Å². The van der Waals surface area contributed by atoms with Crippen molar-refractivity contribution in [1.82, 2.24) is 39.6 Å². The van der Waals surface area contributed by atoms with Crippen molar-refractivity contribution in [3.05, 3.63) is 71.4 Å². The van der Waals surface area contributed by atoms with Crippen molar-refractivity contribution in [2.75, 3.05) is 26.3 Å². The lowest BCUT2D eigenvalue weighted by atomic mass is 9.92. The highest BCUT2D eigenvalue weighted by Gasteiger charge is 2.35. The van der Waals surface area contributed by atoms with Crippen LogP contribution in [0.3, 0.4) is 0 Å². The Bertz CT molecular complexity index is 1770. The average molecular weight is 649 g/mol. The standard InChI is InChI=1S/C30H30F6N8O2/c1-3-17(16(2)31)15-46-28-21(33)10-20(32)26(39-28)18-4-7-43(8-5-18)14-25-38-22-11-23(27-40-29(42-41-27)30(34,35)36)37-12-24(22)44(25)13-19-6-9-45-19/h3,10-12,18-19H,2,4-9,13-15H2,1H3,(H,40,41,42)/b17-3-/t19-/m0/s1. The molecule has 2 aliphatic heterocycles. The minimum atomic E-state index is -4.67. The quantitative estimate of drug-likeness (QED) is 0.168. The second-order valence-electron chi connectivity index (χ2n) is 11.2. The number of nitrogens with one attached hydrogen (secondary N) is 1. The fraction of sp³-hybridized carbons (Fsp3) is 0.433. The molecular formula is C30H30F6N8O2. The monoisotopic (exact) mass is 648 g/mol. The van der Waals surface area contributed by atoms with Crippen LogP contribution in [0.25, 0.3) is 22.6 Å². The van der Waals surface area contributed by atoms with Crippen LogP contribution in [0.15, 0.2) is 42.4 Å². The molecule has 2 fully saturated rings. The molecule has 0 unspecified atom stereocenters. The summed E-state index contributed by atoms with van der Waals surface area (Å²) in [6, 6.07) is 2.29. The van der Waals surface area contributed by atoms with Crippen molar-refractivity contribution < 1.29 is 35.8 Å². The lowest BCUT2D eigenvalue weighted by molar-refractivity contribution is -0.144. The molecule has 0 aromatic carbocycles. The number of hydrogen-bond acceptors (Lipinski definition) is 8. The van der Waals surface area contributed by atoms with Crippen LogP contribution in [0.5, 0.6) is 5.88 Å². The molecule has 0 radical (unpaired) electrons. The van der Waals surface area contributed by atoms with E-state index in [0.717, 1.165) is 12.5 Å². The molecule has 10 nitrogen and oxygen atoms in total. The normalized spacial score (nSPS) is 18.2. The number of pyridine rings is 2. The number of imidazole rings is 1. The average Bonchev–Trinajstić information content (AvgIpc) is 3.62. The number of fused-ring (bicyclic) bond motifs is 1. The largest absolute Gasteiger partial charge is 0.471 e. The second-order valence-corrected chi connectivity index (χ2v) is 11.2. The van der Waals surface area contributed by atoms with Crippen LogP contribution < -0.4 is 4.74 Å². The zero-order valence-corrected chi connectivity index (χ0v) is 24.7. The molecule has 0 saturated carbocycles. The summed E-state index contributed by atoms with van der Waals surface area (Å²) in [5.41, 5.74) is 1.58. The maximum atomic E-state index is 14.8. The number of halogens is 6. The van der Waals surface area contributed by atoms with Crippen LogP contribution in [0.2, 0.25) is 0 Å². The van der Waals surface area contributed by atoms with Crippen molar-refractivity contribution in [2.24, 2.45) is 0 Å². The maximum Gasteiger partial charge on any atom is 0.451 e. The van der Waals surface area contributed by atoms with Gasteiger partial charge in [-0.1, -0.05) is 12.7 Å². The van der Waals surface area contributed by atoms with E-state index in [9.17, 15) is 26.3 Å². The van der Waals surface area contributed by atoms with Gasteiger partial charge in [0.1, 0.15) is 29.8 Å². The first kappa shape index (κ1) is 31.7. The summed E-state index contributed by atoms with van der Waals surface area (Å²) < 4.78 is 94.9. The molecule has 16 heteroatoms. The molecule has 0 bridgehead atoms. The Kier molecular flexibility index (Phi) is 8.83. The highest BCUT2D eigenvalue weighted by Crippen LogP contribution is 2.33. The van der Waals surface area contributed by atoms with Crippen LogP contribution in [0.4, 0.5) is 26.3 Å². The molecule has 2 aliphatic rings. The smallest absolute Gasteiger partial charge is 0.451 e. The first-order valence-corrected chi connectivity index (χ1v) is 14.7. The van der Waals surface area contributed by atoms with E-state index >= 15 is 0 Å². The van der Waals surface area contributed by atoms with Gasteiger partial charge in [0, 0.05) is 24.2 Å². The highest BCUT2D eigenvalue weighted by molar-refractivity contribution is 5.78. The fourth-order valence-electron chi connectivity index (χ4n) is 5.54. The zero-order chi connectivity index (χ0) is 32.6. The summed E-state index contributed by atoms with van der Waals surface area (Å²) in [6.07, 6.45) is 0.264. The molecule has 0 spiro atoms. The van der Waals surface area contributed by atoms with Gasteiger partial charge in [-0.25, -0.2) is 28.1 Å². The van der Waals surface area contributed by atoms with Gasteiger partial charge in [0.25, 0.3) is 5.88 Å². The van der Waals surface area contributed by atoms with Crippen molar-refractivity contribution in [3.63, 3.8) is 0 Å². The van der Waals surface area contributed by atoms with Crippen LogP contribution in [-0.2, 0) is 24.0 Å². The first-order valence-electron chi connectivity index (χ1n) is 14.7. The molecule has 1 atom stereocenters. The van der Waals surface area contributed by atoms with Gasteiger partial charge < -0.3 is 14.0 Å². The van der Waals surface area contributed by atoms with Crippen molar-refractivity contribution in [3.8, 4) is 17.4 Å². The van der Waals surface area contributed by atoms with Gasteiger partial charge >= 0.3 is 6.18 Å². The maximum absolute atomic E-state index is 14.8. The summed E-state index contributed by atoms with van der Waals surface area (Å²) in [7, 11) is 0. The summed E-state index contributed by atoms with van der Waals surface area (Å²) in [4.78, 5) is 18.9. The van der Waals surface area contributed by atoms with Crippen molar-refractivity contribution in [2.45, 2.75) is 57.5 Å². The van der Waals surface area contributed by atoms with E-state index < -0.39 is 35.3 Å². The predicted molar refractivity (Wildman–Crippen MR) is 153 cm³/mol. The number of ether oxygens (including phenoxy) is 2. The molecule has 4 aromatic rings. The SMILES string of the molecule is C=C(F)/C(=C\C)COc1nc(C2CCN(Cc3nc4cc(-c5n[nH]c(C(F)(F)F)n5)ncc4n3C[C@@H]3CCO3)CC2)c(F)cc1F. The summed E-state index contributed by atoms with van der Waals surface area (Å²) >= 11 is 0. The Morgan fingerprint density at radius 1 is 1.13 bits per heavy atom. The van der Waals surface area contributed by atoms with Crippen LogP contribution >= 0.6 is 0 Å². The third kappa shape index (κ3) is 6.63. The van der Waals surface area contributed by atoms with Gasteiger partial charge in [-0.05, 0) is 45.3 Å². The molecule has 2 saturated heterocycles.